The van der Waals surface area contributed by atoms with E-state index in [9.17, 15) is 4.79 Å². The van der Waals surface area contributed by atoms with Crippen LogP contribution in [0.3, 0.4) is 0 Å². The van der Waals surface area contributed by atoms with Gasteiger partial charge in [-0.2, -0.15) is 9.97 Å². The molecule has 1 amide bonds. The number of rotatable bonds is 3. The molecule has 0 spiro atoms. The van der Waals surface area contributed by atoms with Gasteiger partial charge in [-0.15, -0.1) is 5.10 Å². The molecule has 0 aromatic carbocycles. The average Bonchev–Trinajstić information content (AvgIpc) is 2.75. The summed E-state index contributed by atoms with van der Waals surface area (Å²) in [6.45, 7) is 0. The molecule has 0 bridgehead atoms. The van der Waals surface area contributed by atoms with E-state index < -0.39 is 5.91 Å². The van der Waals surface area contributed by atoms with E-state index in [2.05, 4.69) is 30.5 Å². The van der Waals surface area contributed by atoms with E-state index in [0.717, 1.165) is 0 Å². The lowest BCUT2D eigenvalue weighted by Gasteiger charge is -2.04. The van der Waals surface area contributed by atoms with Crippen molar-refractivity contribution in [2.24, 2.45) is 0 Å². The van der Waals surface area contributed by atoms with Crippen LogP contribution in [0.4, 0.5) is 11.9 Å². The first kappa shape index (κ1) is 12.0. The summed E-state index contributed by atoms with van der Waals surface area (Å²) in [4.78, 5) is 23.0. The van der Waals surface area contributed by atoms with Gasteiger partial charge in [-0.05, 0) is 0 Å². The summed E-state index contributed by atoms with van der Waals surface area (Å²) in [5.41, 5.74) is 5.27. The first-order valence-electron chi connectivity index (χ1n) is 4.66. The Kier molecular flexibility index (Phi) is 3.24. The van der Waals surface area contributed by atoms with Crippen molar-refractivity contribution in [1.29, 1.82) is 0 Å². The highest BCUT2D eigenvalue weighted by atomic mass is 35.5. The number of amides is 1. The molecule has 10 heteroatoms. The maximum atomic E-state index is 11.7. The normalized spacial score (nSPS) is 10.1. The van der Waals surface area contributed by atoms with Gasteiger partial charge in [0, 0.05) is 6.07 Å². The third-order valence-electron chi connectivity index (χ3n) is 1.82. The van der Waals surface area contributed by atoms with Crippen LogP contribution in [-0.2, 0) is 0 Å². The number of H-pyrrole nitrogens is 1. The van der Waals surface area contributed by atoms with Crippen LogP contribution in [0, 0.1) is 0 Å². The fourth-order valence-electron chi connectivity index (χ4n) is 1.09. The fraction of sp³-hybridized carbons (Fsp3) is 0.125. The number of aromatic nitrogens is 5. The molecule has 0 atom stereocenters. The zero-order chi connectivity index (χ0) is 13.1. The van der Waals surface area contributed by atoms with Crippen LogP contribution in [0.2, 0.25) is 5.15 Å². The number of nitrogen functional groups attached to an aromatic ring is 1. The number of carbonyl (C=O) groups excluding carboxylic acids is 1. The van der Waals surface area contributed by atoms with Crippen LogP contribution in [0.15, 0.2) is 6.07 Å². The molecule has 4 N–H and O–H groups in total. The number of aromatic amines is 1. The largest absolute Gasteiger partial charge is 0.481 e. The van der Waals surface area contributed by atoms with Gasteiger partial charge >= 0.3 is 0 Å². The molecule has 2 heterocycles. The molecule has 2 aromatic heterocycles. The third-order valence-corrected chi connectivity index (χ3v) is 2.02. The molecule has 0 radical (unpaired) electrons. The maximum absolute atomic E-state index is 11.7. The van der Waals surface area contributed by atoms with Gasteiger partial charge in [-0.1, -0.05) is 11.6 Å². The zero-order valence-corrected chi connectivity index (χ0v) is 9.89. The predicted molar refractivity (Wildman–Crippen MR) is 62.3 cm³/mol. The summed E-state index contributed by atoms with van der Waals surface area (Å²) in [6.07, 6.45) is 0. The number of hydrogen-bond acceptors (Lipinski definition) is 7. The highest BCUT2D eigenvalue weighted by Gasteiger charge is 2.13. The zero-order valence-electron chi connectivity index (χ0n) is 9.14. The lowest BCUT2D eigenvalue weighted by molar-refractivity contribution is 0.101. The molecule has 0 aliphatic carbocycles. The van der Waals surface area contributed by atoms with E-state index in [1.807, 2.05) is 0 Å². The third kappa shape index (κ3) is 2.63. The SMILES string of the molecule is COc1cc(Cl)nc(NC(=O)c2nc(N)n[nH]2)n1. The van der Waals surface area contributed by atoms with Gasteiger partial charge in [-0.25, -0.2) is 4.98 Å². The van der Waals surface area contributed by atoms with Gasteiger partial charge in [0.25, 0.3) is 5.91 Å². The lowest BCUT2D eigenvalue weighted by atomic mass is 10.5. The van der Waals surface area contributed by atoms with Crippen LogP contribution in [-0.4, -0.2) is 38.2 Å². The molecule has 18 heavy (non-hydrogen) atoms. The second-order valence-electron chi connectivity index (χ2n) is 3.05. The fourth-order valence-corrected chi connectivity index (χ4v) is 1.27. The van der Waals surface area contributed by atoms with E-state index in [4.69, 9.17) is 22.1 Å². The minimum atomic E-state index is -0.594. The molecule has 2 rings (SSSR count). The molecule has 9 nitrogen and oxygen atoms in total. The van der Waals surface area contributed by atoms with Crippen molar-refractivity contribution < 1.29 is 9.53 Å². The van der Waals surface area contributed by atoms with Gasteiger partial charge in [0.05, 0.1) is 7.11 Å². The summed E-state index contributed by atoms with van der Waals surface area (Å²) in [6, 6.07) is 1.41. The number of anilines is 2. The number of methoxy groups -OCH3 is 1. The summed E-state index contributed by atoms with van der Waals surface area (Å²) >= 11 is 5.72. The van der Waals surface area contributed by atoms with Crippen molar-refractivity contribution in [3.05, 3.63) is 17.0 Å². The van der Waals surface area contributed by atoms with Crippen LogP contribution in [0.5, 0.6) is 5.88 Å². The Balaban J connectivity index is 2.18. The molecule has 94 valence electrons. The quantitative estimate of drug-likeness (QED) is 0.673. The summed E-state index contributed by atoms with van der Waals surface area (Å²) < 4.78 is 4.88. The van der Waals surface area contributed by atoms with E-state index in [1.54, 1.807) is 0 Å². The molecule has 0 aliphatic rings. The molecule has 0 fully saturated rings. The molecule has 0 unspecified atom stereocenters. The minimum absolute atomic E-state index is 0.0145. The Morgan fingerprint density at radius 1 is 1.50 bits per heavy atom. The lowest BCUT2D eigenvalue weighted by Crippen LogP contribution is -2.16. The standard InChI is InChI=1S/C8H8ClN7O2/c1-18-4-2-3(9)11-8(12-4)14-6(17)5-13-7(10)16-15-5/h2H,1H3,(H3,10,13,15,16)(H,11,12,14,17). The Hall–Kier alpha value is -2.42. The predicted octanol–water partition coefficient (Wildman–Crippen LogP) is 0.0912. The second-order valence-corrected chi connectivity index (χ2v) is 3.44. The first-order chi connectivity index (χ1) is 8.58. The van der Waals surface area contributed by atoms with Gasteiger partial charge in [0.15, 0.2) is 0 Å². The van der Waals surface area contributed by atoms with E-state index >= 15 is 0 Å². The minimum Gasteiger partial charge on any atom is -0.481 e. The summed E-state index contributed by atoms with van der Waals surface area (Å²) in [5.74, 6) is -0.481. The Bertz CT molecular complexity index is 585. The highest BCUT2D eigenvalue weighted by Crippen LogP contribution is 2.15. The maximum Gasteiger partial charge on any atom is 0.295 e. The molecule has 0 saturated heterocycles. The Labute approximate surface area is 106 Å². The van der Waals surface area contributed by atoms with Gasteiger partial charge < -0.3 is 10.5 Å². The number of ether oxygens (including phenoxy) is 1. The van der Waals surface area contributed by atoms with E-state index in [1.165, 1.54) is 13.2 Å². The van der Waals surface area contributed by atoms with E-state index in [0.29, 0.717) is 0 Å². The monoisotopic (exact) mass is 269 g/mol. The van der Waals surface area contributed by atoms with Crippen molar-refractivity contribution >= 4 is 29.4 Å². The number of nitrogens with one attached hydrogen (secondary N) is 2. The molecular weight excluding hydrogens is 262 g/mol. The second kappa shape index (κ2) is 4.84. The van der Waals surface area contributed by atoms with Crippen LogP contribution in [0.25, 0.3) is 0 Å². The number of hydrogen-bond donors (Lipinski definition) is 3. The van der Waals surface area contributed by atoms with Crippen molar-refractivity contribution in [3.8, 4) is 5.88 Å². The molecule has 2 aromatic rings. The average molecular weight is 270 g/mol. The van der Waals surface area contributed by atoms with Crippen LogP contribution in [0.1, 0.15) is 10.6 Å². The molecular formula is C8H8ClN7O2. The van der Waals surface area contributed by atoms with Crippen molar-refractivity contribution in [2.45, 2.75) is 0 Å². The first-order valence-corrected chi connectivity index (χ1v) is 5.04. The number of nitrogens with two attached hydrogens (primary N) is 1. The van der Waals surface area contributed by atoms with Gasteiger partial charge in [0.1, 0.15) is 5.15 Å². The highest BCUT2D eigenvalue weighted by molar-refractivity contribution is 6.29. The number of halogens is 1. The smallest absolute Gasteiger partial charge is 0.295 e. The Morgan fingerprint density at radius 2 is 2.28 bits per heavy atom. The van der Waals surface area contributed by atoms with Gasteiger partial charge in [-0.3, -0.25) is 15.2 Å². The van der Waals surface area contributed by atoms with E-state index in [-0.39, 0.29) is 28.8 Å². The number of nitrogens with zero attached hydrogens (tertiary/aromatic N) is 4. The topological polar surface area (TPSA) is 132 Å². The van der Waals surface area contributed by atoms with Crippen LogP contribution < -0.4 is 15.8 Å². The summed E-state index contributed by atoms with van der Waals surface area (Å²) in [7, 11) is 1.42. The summed E-state index contributed by atoms with van der Waals surface area (Å²) in [5, 5.41) is 8.38. The molecule has 0 saturated carbocycles. The van der Waals surface area contributed by atoms with Crippen molar-refractivity contribution in [3.63, 3.8) is 0 Å². The van der Waals surface area contributed by atoms with Crippen molar-refractivity contribution in [2.75, 3.05) is 18.2 Å². The number of carbonyl (C=O) groups is 1. The molecule has 0 aliphatic heterocycles. The van der Waals surface area contributed by atoms with Crippen LogP contribution >= 0.6 is 11.6 Å². The van der Waals surface area contributed by atoms with Crippen molar-refractivity contribution in [1.82, 2.24) is 25.1 Å². The Morgan fingerprint density at radius 3 is 2.89 bits per heavy atom. The van der Waals surface area contributed by atoms with Gasteiger partial charge in [0.2, 0.25) is 23.6 Å².